The zero-order chi connectivity index (χ0) is 25.6. The van der Waals surface area contributed by atoms with Gasteiger partial charge >= 0.3 is 11.9 Å². The third-order valence-electron chi connectivity index (χ3n) is 5.94. The normalized spacial score (nSPS) is 13.1. The highest BCUT2D eigenvalue weighted by molar-refractivity contribution is 6.03. The van der Waals surface area contributed by atoms with Crippen molar-refractivity contribution in [2.75, 3.05) is 0 Å². The number of benzene rings is 1. The molecular weight excluding hydrogens is 416 g/mol. The van der Waals surface area contributed by atoms with Gasteiger partial charge in [0.25, 0.3) is 0 Å². The summed E-state index contributed by atoms with van der Waals surface area (Å²) in [5, 5.41) is 27.9. The molecule has 2 unspecified atom stereocenters. The Labute approximate surface area is 201 Å². The van der Waals surface area contributed by atoms with Crippen molar-refractivity contribution in [3.8, 4) is 0 Å². The zero-order valence-electron chi connectivity index (χ0n) is 22.0. The second-order valence-corrected chi connectivity index (χ2v) is 10.1. The van der Waals surface area contributed by atoms with Gasteiger partial charge in [-0.05, 0) is 62.6 Å². The van der Waals surface area contributed by atoms with E-state index in [-0.39, 0.29) is 11.1 Å². The number of aliphatic hydroxyl groups is 1. The van der Waals surface area contributed by atoms with Crippen LogP contribution in [0.5, 0.6) is 0 Å². The van der Waals surface area contributed by atoms with Gasteiger partial charge < -0.3 is 15.3 Å². The summed E-state index contributed by atoms with van der Waals surface area (Å²) in [5.41, 5.74) is 1.20. The van der Waals surface area contributed by atoms with Gasteiger partial charge in [-0.3, -0.25) is 0 Å². The van der Waals surface area contributed by atoms with Crippen LogP contribution in [0.2, 0.25) is 0 Å². The summed E-state index contributed by atoms with van der Waals surface area (Å²) in [5.74, 6) is -1.39. The first-order valence-electron chi connectivity index (χ1n) is 12.7. The predicted molar refractivity (Wildman–Crippen MR) is 136 cm³/mol. The maximum absolute atomic E-state index is 12.0. The van der Waals surface area contributed by atoms with Crippen LogP contribution in [0.4, 0.5) is 0 Å². The number of carboxylic acid groups (broad SMARTS) is 2. The maximum Gasteiger partial charge on any atom is 0.336 e. The van der Waals surface area contributed by atoms with E-state index in [0.29, 0.717) is 18.3 Å². The fourth-order valence-corrected chi connectivity index (χ4v) is 4.02. The summed E-state index contributed by atoms with van der Waals surface area (Å²) in [7, 11) is 0. The highest BCUT2D eigenvalue weighted by atomic mass is 16.4. The minimum Gasteiger partial charge on any atom is -0.478 e. The van der Waals surface area contributed by atoms with E-state index in [4.69, 9.17) is 5.11 Å². The van der Waals surface area contributed by atoms with Crippen molar-refractivity contribution < 1.29 is 24.9 Å². The molecule has 0 spiro atoms. The Bertz CT molecular complexity index is 712. The molecule has 1 rings (SSSR count). The summed E-state index contributed by atoms with van der Waals surface area (Å²) < 4.78 is 0. The van der Waals surface area contributed by atoms with Crippen LogP contribution in [-0.4, -0.2) is 32.9 Å². The van der Waals surface area contributed by atoms with Crippen molar-refractivity contribution in [3.05, 3.63) is 34.4 Å². The van der Waals surface area contributed by atoms with Crippen LogP contribution in [-0.2, 0) is 12.8 Å². The molecule has 0 amide bonds. The maximum atomic E-state index is 12.0. The lowest BCUT2D eigenvalue weighted by Crippen LogP contribution is -2.18. The third-order valence-corrected chi connectivity index (χ3v) is 5.94. The third kappa shape index (κ3) is 12.8. The molecule has 2 atom stereocenters. The minimum absolute atomic E-state index is 0.00490. The average molecular weight is 465 g/mol. The van der Waals surface area contributed by atoms with Gasteiger partial charge in [0.1, 0.15) is 0 Å². The largest absolute Gasteiger partial charge is 0.478 e. The van der Waals surface area contributed by atoms with Gasteiger partial charge in [-0.15, -0.1) is 0 Å². The molecule has 0 heterocycles. The van der Waals surface area contributed by atoms with Crippen LogP contribution >= 0.6 is 0 Å². The number of aromatic carboxylic acids is 2. The SMILES string of the molecule is CC(C)(C)O.CCCCC(CC)Cc1ccc(C(=O)O)c(C(=O)O)c1CC(CC)CCCC. The van der Waals surface area contributed by atoms with E-state index in [1.165, 1.54) is 12.5 Å². The van der Waals surface area contributed by atoms with E-state index >= 15 is 0 Å². The van der Waals surface area contributed by atoms with Gasteiger partial charge in [-0.1, -0.05) is 85.1 Å². The van der Waals surface area contributed by atoms with Gasteiger partial charge in [0, 0.05) is 0 Å². The van der Waals surface area contributed by atoms with Gasteiger partial charge in [0.2, 0.25) is 0 Å². The standard InChI is InChI=1S/C24H38O4.C4H10O/c1-5-9-11-17(7-3)15-19-13-14-20(23(25)26)22(24(27)28)21(19)16-18(8-4)12-10-6-2;1-4(2,3)5/h13-14,17-18H,5-12,15-16H2,1-4H3,(H,25,26)(H,27,28);5H,1-3H3. The van der Waals surface area contributed by atoms with Crippen molar-refractivity contribution in [1.82, 2.24) is 0 Å². The number of hydrogen-bond acceptors (Lipinski definition) is 3. The Kier molecular flexibility index (Phi) is 15.0. The van der Waals surface area contributed by atoms with Crippen molar-refractivity contribution in [2.45, 2.75) is 118 Å². The Morgan fingerprint density at radius 2 is 1.27 bits per heavy atom. The first-order chi connectivity index (χ1) is 15.4. The zero-order valence-corrected chi connectivity index (χ0v) is 22.0. The highest BCUT2D eigenvalue weighted by Gasteiger charge is 2.25. The highest BCUT2D eigenvalue weighted by Crippen LogP contribution is 2.30. The second kappa shape index (κ2) is 15.9. The lowest BCUT2D eigenvalue weighted by atomic mass is 9.82. The molecule has 0 aromatic heterocycles. The van der Waals surface area contributed by atoms with E-state index in [1.807, 2.05) is 6.07 Å². The van der Waals surface area contributed by atoms with Gasteiger partial charge in [0.05, 0.1) is 16.7 Å². The molecule has 1 aromatic rings. The van der Waals surface area contributed by atoms with E-state index in [2.05, 4.69) is 27.7 Å². The number of rotatable bonds is 14. The Hall–Kier alpha value is -1.88. The fourth-order valence-electron chi connectivity index (χ4n) is 4.02. The smallest absolute Gasteiger partial charge is 0.336 e. The van der Waals surface area contributed by atoms with Crippen LogP contribution in [0.1, 0.15) is 132 Å². The molecule has 0 fully saturated rings. The summed E-state index contributed by atoms with van der Waals surface area (Å²) in [6.45, 7) is 13.9. The Balaban J connectivity index is 0.00000184. The molecular formula is C28H48O5. The molecule has 0 aliphatic heterocycles. The van der Waals surface area contributed by atoms with Crippen LogP contribution in [0, 0.1) is 11.8 Å². The van der Waals surface area contributed by atoms with Crippen molar-refractivity contribution in [2.24, 2.45) is 11.8 Å². The molecule has 190 valence electrons. The van der Waals surface area contributed by atoms with Gasteiger partial charge in [-0.25, -0.2) is 9.59 Å². The molecule has 3 N–H and O–H groups in total. The van der Waals surface area contributed by atoms with E-state index in [9.17, 15) is 19.8 Å². The molecule has 0 aliphatic rings. The lowest BCUT2D eigenvalue weighted by molar-refractivity contribution is 0.0650. The molecule has 5 heteroatoms. The summed E-state index contributed by atoms with van der Waals surface area (Å²) >= 11 is 0. The van der Waals surface area contributed by atoms with Crippen molar-refractivity contribution in [1.29, 1.82) is 0 Å². The fraction of sp³-hybridized carbons (Fsp3) is 0.714. The quantitative estimate of drug-likeness (QED) is 0.267. The molecule has 33 heavy (non-hydrogen) atoms. The van der Waals surface area contributed by atoms with Crippen molar-refractivity contribution >= 4 is 11.9 Å². The lowest BCUT2D eigenvalue weighted by Gasteiger charge is -2.23. The number of unbranched alkanes of at least 4 members (excludes halogenated alkanes) is 2. The summed E-state index contributed by atoms with van der Waals surface area (Å²) in [6, 6.07) is 3.36. The second-order valence-electron chi connectivity index (χ2n) is 10.1. The topological polar surface area (TPSA) is 94.8 Å². The van der Waals surface area contributed by atoms with E-state index in [1.54, 1.807) is 20.8 Å². The van der Waals surface area contributed by atoms with Gasteiger partial charge in [0.15, 0.2) is 0 Å². The summed E-state index contributed by atoms with van der Waals surface area (Å²) in [6.07, 6.45) is 10.2. The van der Waals surface area contributed by atoms with Crippen LogP contribution in [0.3, 0.4) is 0 Å². The molecule has 0 saturated heterocycles. The number of hydrogen-bond donors (Lipinski definition) is 3. The van der Waals surface area contributed by atoms with E-state index < -0.39 is 17.5 Å². The van der Waals surface area contributed by atoms with E-state index in [0.717, 1.165) is 62.5 Å². The molecule has 1 aromatic carbocycles. The van der Waals surface area contributed by atoms with Crippen LogP contribution in [0.25, 0.3) is 0 Å². The van der Waals surface area contributed by atoms with Crippen molar-refractivity contribution in [3.63, 3.8) is 0 Å². The van der Waals surface area contributed by atoms with Gasteiger partial charge in [-0.2, -0.15) is 0 Å². The van der Waals surface area contributed by atoms with Crippen LogP contribution < -0.4 is 0 Å². The molecule has 0 aliphatic carbocycles. The molecule has 5 nitrogen and oxygen atoms in total. The van der Waals surface area contributed by atoms with Crippen LogP contribution in [0.15, 0.2) is 12.1 Å². The first kappa shape index (κ1) is 31.1. The Morgan fingerprint density at radius 3 is 1.64 bits per heavy atom. The Morgan fingerprint density at radius 1 is 0.818 bits per heavy atom. The predicted octanol–water partition coefficient (Wildman–Crippen LogP) is 7.38. The average Bonchev–Trinajstić information content (AvgIpc) is 2.72. The number of carboxylic acids is 2. The minimum atomic E-state index is -1.16. The molecule has 0 saturated carbocycles. The molecule has 0 radical (unpaired) electrons. The monoisotopic (exact) mass is 464 g/mol. The first-order valence-corrected chi connectivity index (χ1v) is 12.7. The number of carbonyl (C=O) groups is 2. The molecule has 0 bridgehead atoms. The summed E-state index contributed by atoms with van der Waals surface area (Å²) in [4.78, 5) is 23.7.